The number of alkyl halides is 3. The molecule has 25 heavy (non-hydrogen) atoms. The van der Waals surface area contributed by atoms with Crippen LogP contribution < -0.4 is 4.74 Å². The monoisotopic (exact) mass is 374 g/mol. The van der Waals surface area contributed by atoms with Gasteiger partial charge in [-0.3, -0.25) is 5.10 Å². The number of hydrogen-bond acceptors (Lipinski definition) is 3. The summed E-state index contributed by atoms with van der Waals surface area (Å²) < 4.78 is 53.7. The molecule has 0 aliphatic rings. The van der Waals surface area contributed by atoms with E-state index in [1.165, 1.54) is 18.2 Å². The standard InChI is InChI=1S/C16H11ClF4N2O2/c17-12-6-9(18)2-1-8(12)5-14(24)15-11-4-3-10(25-16(19,20)21)7-13(11)22-23-15/h1-4,6-7,14,24H,5H2,(H,22,23). The van der Waals surface area contributed by atoms with Gasteiger partial charge in [0.25, 0.3) is 0 Å². The zero-order valence-electron chi connectivity index (χ0n) is 12.4. The van der Waals surface area contributed by atoms with Crippen molar-refractivity contribution in [3.63, 3.8) is 0 Å². The molecule has 0 saturated carbocycles. The Morgan fingerprint density at radius 3 is 2.64 bits per heavy atom. The average Bonchev–Trinajstić information content (AvgIpc) is 2.91. The summed E-state index contributed by atoms with van der Waals surface area (Å²) in [6.45, 7) is 0. The van der Waals surface area contributed by atoms with E-state index in [0.29, 0.717) is 16.6 Å². The maximum Gasteiger partial charge on any atom is 0.573 e. The predicted molar refractivity (Wildman–Crippen MR) is 82.9 cm³/mol. The molecule has 0 spiro atoms. The Morgan fingerprint density at radius 2 is 1.96 bits per heavy atom. The van der Waals surface area contributed by atoms with Crippen molar-refractivity contribution >= 4 is 22.5 Å². The van der Waals surface area contributed by atoms with Crippen LogP contribution in [0.4, 0.5) is 17.6 Å². The minimum Gasteiger partial charge on any atom is -0.406 e. The Balaban J connectivity index is 1.85. The Kier molecular flexibility index (Phi) is 4.57. The molecule has 4 nitrogen and oxygen atoms in total. The van der Waals surface area contributed by atoms with Crippen molar-refractivity contribution in [1.82, 2.24) is 10.2 Å². The molecule has 9 heteroatoms. The molecule has 132 valence electrons. The first-order valence-corrected chi connectivity index (χ1v) is 7.46. The highest BCUT2D eigenvalue weighted by molar-refractivity contribution is 6.31. The van der Waals surface area contributed by atoms with Crippen molar-refractivity contribution in [2.24, 2.45) is 0 Å². The van der Waals surface area contributed by atoms with E-state index in [2.05, 4.69) is 14.9 Å². The number of halogens is 5. The largest absolute Gasteiger partial charge is 0.573 e. The van der Waals surface area contributed by atoms with Gasteiger partial charge < -0.3 is 9.84 Å². The summed E-state index contributed by atoms with van der Waals surface area (Å²) in [5.41, 5.74) is 1.05. The minimum absolute atomic E-state index is 0.0806. The molecule has 3 aromatic rings. The van der Waals surface area contributed by atoms with E-state index in [4.69, 9.17) is 11.6 Å². The van der Waals surface area contributed by atoms with Crippen LogP contribution in [-0.4, -0.2) is 21.7 Å². The van der Waals surface area contributed by atoms with Crippen LogP contribution in [-0.2, 0) is 6.42 Å². The fraction of sp³-hybridized carbons (Fsp3) is 0.188. The van der Waals surface area contributed by atoms with Crippen LogP contribution in [0.1, 0.15) is 17.4 Å². The lowest BCUT2D eigenvalue weighted by Gasteiger charge is -2.11. The predicted octanol–water partition coefficient (Wildman–Crippen LogP) is 4.53. The number of H-pyrrole nitrogens is 1. The van der Waals surface area contributed by atoms with Crippen molar-refractivity contribution in [1.29, 1.82) is 0 Å². The molecule has 2 N–H and O–H groups in total. The van der Waals surface area contributed by atoms with E-state index in [1.807, 2.05) is 0 Å². The summed E-state index contributed by atoms with van der Waals surface area (Å²) in [7, 11) is 0. The van der Waals surface area contributed by atoms with Crippen molar-refractivity contribution in [3.8, 4) is 5.75 Å². The summed E-state index contributed by atoms with van der Waals surface area (Å²) in [4.78, 5) is 0. The maximum absolute atomic E-state index is 13.1. The molecule has 0 bridgehead atoms. The van der Waals surface area contributed by atoms with Crippen LogP contribution in [0.15, 0.2) is 36.4 Å². The third-order valence-corrected chi connectivity index (χ3v) is 3.90. The van der Waals surface area contributed by atoms with E-state index in [9.17, 15) is 22.7 Å². The smallest absolute Gasteiger partial charge is 0.406 e. The number of aliphatic hydroxyl groups excluding tert-OH is 1. The lowest BCUT2D eigenvalue weighted by Crippen LogP contribution is -2.16. The molecule has 1 unspecified atom stereocenters. The quantitative estimate of drug-likeness (QED) is 0.660. The minimum atomic E-state index is -4.80. The van der Waals surface area contributed by atoms with Crippen LogP contribution in [0.5, 0.6) is 5.75 Å². The van der Waals surface area contributed by atoms with Crippen LogP contribution >= 0.6 is 11.6 Å². The van der Waals surface area contributed by atoms with Gasteiger partial charge in [0.05, 0.1) is 11.2 Å². The third kappa shape index (κ3) is 4.02. The second-order valence-corrected chi connectivity index (χ2v) is 5.73. The van der Waals surface area contributed by atoms with Crippen molar-refractivity contribution in [2.45, 2.75) is 18.9 Å². The molecule has 2 aromatic carbocycles. The summed E-state index contributed by atoms with van der Waals surface area (Å²) in [6, 6.07) is 7.42. The van der Waals surface area contributed by atoms with Crippen LogP contribution in [0.3, 0.4) is 0 Å². The Hall–Kier alpha value is -2.32. The van der Waals surface area contributed by atoms with E-state index in [0.717, 1.165) is 18.2 Å². The molecule has 0 amide bonds. The van der Waals surface area contributed by atoms with E-state index in [-0.39, 0.29) is 17.0 Å². The Morgan fingerprint density at radius 1 is 1.20 bits per heavy atom. The van der Waals surface area contributed by atoms with Gasteiger partial charge in [-0.25, -0.2) is 4.39 Å². The van der Waals surface area contributed by atoms with Crippen LogP contribution in [0, 0.1) is 5.82 Å². The molecule has 1 atom stereocenters. The molecule has 0 radical (unpaired) electrons. The lowest BCUT2D eigenvalue weighted by atomic mass is 10.0. The number of aromatic amines is 1. The van der Waals surface area contributed by atoms with Crippen molar-refractivity contribution in [3.05, 3.63) is 58.5 Å². The lowest BCUT2D eigenvalue weighted by molar-refractivity contribution is -0.274. The second kappa shape index (κ2) is 6.53. The normalized spacial score (nSPS) is 13.2. The van der Waals surface area contributed by atoms with E-state index >= 15 is 0 Å². The molecule has 3 rings (SSSR count). The van der Waals surface area contributed by atoms with Gasteiger partial charge in [0.2, 0.25) is 0 Å². The molecule has 1 aromatic heterocycles. The van der Waals surface area contributed by atoms with Crippen molar-refractivity contribution in [2.75, 3.05) is 0 Å². The molecule has 0 fully saturated rings. The number of ether oxygens (including phenoxy) is 1. The second-order valence-electron chi connectivity index (χ2n) is 5.32. The first-order valence-electron chi connectivity index (χ1n) is 7.09. The highest BCUT2D eigenvalue weighted by Gasteiger charge is 2.31. The van der Waals surface area contributed by atoms with Gasteiger partial charge in [0, 0.05) is 22.9 Å². The van der Waals surface area contributed by atoms with Gasteiger partial charge in [0.15, 0.2) is 0 Å². The highest BCUT2D eigenvalue weighted by atomic mass is 35.5. The number of fused-ring (bicyclic) bond motifs is 1. The molecule has 0 aliphatic heterocycles. The van der Waals surface area contributed by atoms with Gasteiger partial charge >= 0.3 is 6.36 Å². The van der Waals surface area contributed by atoms with E-state index in [1.54, 1.807) is 0 Å². The number of nitrogens with one attached hydrogen (secondary N) is 1. The first-order chi connectivity index (χ1) is 11.7. The topological polar surface area (TPSA) is 58.1 Å². The van der Waals surface area contributed by atoms with Gasteiger partial charge in [-0.15, -0.1) is 13.2 Å². The molecular formula is C16H11ClF4N2O2. The van der Waals surface area contributed by atoms with Gasteiger partial charge in [-0.2, -0.15) is 5.10 Å². The molecule has 0 aliphatic carbocycles. The summed E-state index contributed by atoms with van der Waals surface area (Å²) in [6.07, 6.45) is -5.77. The molecular weight excluding hydrogens is 364 g/mol. The van der Waals surface area contributed by atoms with E-state index < -0.39 is 24.0 Å². The van der Waals surface area contributed by atoms with Crippen LogP contribution in [0.2, 0.25) is 5.02 Å². The summed E-state index contributed by atoms with van der Waals surface area (Å²) in [5, 5.41) is 17.5. The Bertz CT molecular complexity index is 911. The summed E-state index contributed by atoms with van der Waals surface area (Å²) >= 11 is 5.94. The zero-order valence-corrected chi connectivity index (χ0v) is 13.2. The first kappa shape index (κ1) is 17.5. The third-order valence-electron chi connectivity index (χ3n) is 3.55. The SMILES string of the molecule is OC(Cc1ccc(F)cc1Cl)c1[nH]nc2cc(OC(F)(F)F)ccc12. The zero-order chi connectivity index (χ0) is 18.2. The number of hydrogen-bond donors (Lipinski definition) is 2. The fourth-order valence-electron chi connectivity index (χ4n) is 2.46. The van der Waals surface area contributed by atoms with Gasteiger partial charge in [-0.05, 0) is 29.8 Å². The highest BCUT2D eigenvalue weighted by Crippen LogP contribution is 2.31. The Labute approximate surface area is 144 Å². The fourth-order valence-corrected chi connectivity index (χ4v) is 2.71. The number of aliphatic hydroxyl groups is 1. The number of aromatic nitrogens is 2. The van der Waals surface area contributed by atoms with Gasteiger partial charge in [-0.1, -0.05) is 17.7 Å². The number of rotatable bonds is 4. The number of nitrogens with zero attached hydrogens (tertiary/aromatic N) is 1. The average molecular weight is 375 g/mol. The van der Waals surface area contributed by atoms with Crippen molar-refractivity contribution < 1.29 is 27.4 Å². The van der Waals surface area contributed by atoms with Gasteiger partial charge in [0.1, 0.15) is 17.7 Å². The maximum atomic E-state index is 13.1. The number of benzene rings is 2. The van der Waals surface area contributed by atoms with Crippen LogP contribution in [0.25, 0.3) is 10.9 Å². The molecule has 1 heterocycles. The summed E-state index contributed by atoms with van der Waals surface area (Å²) in [5.74, 6) is -0.901. The molecule has 0 saturated heterocycles.